The predicted molar refractivity (Wildman–Crippen MR) is 132 cm³/mol. The fraction of sp³-hybridized carbons (Fsp3) is 0.500. The highest BCUT2D eigenvalue weighted by Crippen LogP contribution is 2.23. The van der Waals surface area contributed by atoms with Crippen molar-refractivity contribution in [2.75, 3.05) is 65.7 Å². The Morgan fingerprint density at radius 2 is 0.971 bits per heavy atom. The molecule has 2 atom stereocenters. The Morgan fingerprint density at radius 3 is 1.32 bits per heavy atom. The van der Waals surface area contributed by atoms with Crippen LogP contribution in [0.3, 0.4) is 0 Å². The molecule has 4 rings (SSSR count). The van der Waals surface area contributed by atoms with Gasteiger partial charge in [-0.2, -0.15) is 0 Å². The van der Waals surface area contributed by atoms with E-state index in [1.165, 1.54) is 0 Å². The summed E-state index contributed by atoms with van der Waals surface area (Å²) in [6.45, 7) is 7.63. The molecule has 2 saturated heterocycles. The fourth-order valence-corrected chi connectivity index (χ4v) is 4.88. The van der Waals surface area contributed by atoms with Crippen LogP contribution in [-0.2, 0) is 9.47 Å². The normalized spacial score (nSPS) is 19.4. The molecule has 0 amide bonds. The third kappa shape index (κ3) is 7.06. The lowest BCUT2D eigenvalue weighted by atomic mass is 9.86. The van der Waals surface area contributed by atoms with E-state index in [1.807, 2.05) is 60.7 Å². The standard InChI is InChI=1S/C28H36N2O4/c31-27(23-7-3-1-4-8-23)25(21-29-13-17-33-18-14-29)11-12-26(22-30-15-19-34-20-16-30)28(32)24-9-5-2-6-10-24/h1-10,25-26H,11-22H2/t25-,26-/m0/s1. The molecule has 2 aromatic carbocycles. The van der Waals surface area contributed by atoms with Gasteiger partial charge in [-0.1, -0.05) is 60.7 Å². The summed E-state index contributed by atoms with van der Waals surface area (Å²) >= 11 is 0. The van der Waals surface area contributed by atoms with Crippen molar-refractivity contribution >= 4 is 11.6 Å². The number of hydrogen-bond donors (Lipinski definition) is 0. The number of benzene rings is 2. The molecule has 0 spiro atoms. The average molecular weight is 465 g/mol. The van der Waals surface area contributed by atoms with E-state index in [0.29, 0.717) is 52.4 Å². The first kappa shape index (κ1) is 24.7. The third-order valence-corrected chi connectivity index (χ3v) is 6.89. The summed E-state index contributed by atoms with van der Waals surface area (Å²) in [5, 5.41) is 0. The Bertz CT molecular complexity index is 818. The minimum absolute atomic E-state index is 0.142. The van der Waals surface area contributed by atoms with Crippen LogP contribution in [0.2, 0.25) is 0 Å². The first-order valence-electron chi connectivity index (χ1n) is 12.5. The maximum atomic E-state index is 13.5. The second kappa shape index (κ2) is 12.9. The molecule has 0 unspecified atom stereocenters. The van der Waals surface area contributed by atoms with E-state index in [2.05, 4.69) is 9.80 Å². The zero-order valence-electron chi connectivity index (χ0n) is 19.9. The highest BCUT2D eigenvalue weighted by molar-refractivity contribution is 5.99. The fourth-order valence-electron chi connectivity index (χ4n) is 4.88. The summed E-state index contributed by atoms with van der Waals surface area (Å²) in [6, 6.07) is 19.1. The highest BCUT2D eigenvalue weighted by Gasteiger charge is 2.29. The van der Waals surface area contributed by atoms with Gasteiger partial charge in [-0.25, -0.2) is 0 Å². The number of hydrogen-bond acceptors (Lipinski definition) is 6. The second-order valence-corrected chi connectivity index (χ2v) is 9.26. The Hall–Kier alpha value is -2.38. The van der Waals surface area contributed by atoms with E-state index in [1.54, 1.807) is 0 Å². The number of nitrogens with zero attached hydrogens (tertiary/aromatic N) is 2. The predicted octanol–water partition coefficient (Wildman–Crippen LogP) is 3.43. The number of ether oxygens (including phenoxy) is 2. The molecule has 0 bridgehead atoms. The number of carbonyl (C=O) groups excluding carboxylic acids is 2. The zero-order valence-corrected chi connectivity index (χ0v) is 19.9. The van der Waals surface area contributed by atoms with Crippen molar-refractivity contribution in [3.63, 3.8) is 0 Å². The molecule has 6 heteroatoms. The van der Waals surface area contributed by atoms with Crippen molar-refractivity contribution in [3.8, 4) is 0 Å². The molecule has 0 N–H and O–H groups in total. The lowest BCUT2D eigenvalue weighted by Gasteiger charge is -2.32. The summed E-state index contributed by atoms with van der Waals surface area (Å²) in [7, 11) is 0. The highest BCUT2D eigenvalue weighted by atomic mass is 16.5. The van der Waals surface area contributed by atoms with Gasteiger partial charge in [0.25, 0.3) is 0 Å². The van der Waals surface area contributed by atoms with Crippen LogP contribution in [0.5, 0.6) is 0 Å². The van der Waals surface area contributed by atoms with E-state index in [-0.39, 0.29) is 23.4 Å². The van der Waals surface area contributed by atoms with Crippen LogP contribution in [-0.4, -0.2) is 87.1 Å². The minimum atomic E-state index is -0.142. The Balaban J connectivity index is 1.49. The number of ketones is 2. The summed E-state index contributed by atoms with van der Waals surface area (Å²) < 4.78 is 11.0. The first-order chi connectivity index (χ1) is 16.7. The lowest BCUT2D eigenvalue weighted by molar-refractivity contribution is 0.0254. The van der Waals surface area contributed by atoms with Crippen molar-refractivity contribution in [1.29, 1.82) is 0 Å². The van der Waals surface area contributed by atoms with E-state index in [4.69, 9.17) is 9.47 Å². The SMILES string of the molecule is O=C(c1ccccc1)[C@@H](CC[C@@H](CN1CCOCC1)C(=O)c1ccccc1)CN1CCOCC1. The summed E-state index contributed by atoms with van der Waals surface area (Å²) in [5.74, 6) is 0.0567. The van der Waals surface area contributed by atoms with Gasteiger partial charge in [-0.05, 0) is 12.8 Å². The smallest absolute Gasteiger partial charge is 0.167 e. The van der Waals surface area contributed by atoms with Gasteiger partial charge >= 0.3 is 0 Å². The minimum Gasteiger partial charge on any atom is -0.379 e. The maximum absolute atomic E-state index is 13.5. The molecular weight excluding hydrogens is 428 g/mol. The average Bonchev–Trinajstić information content (AvgIpc) is 2.91. The lowest BCUT2D eigenvalue weighted by Crippen LogP contribution is -2.42. The molecule has 2 aliphatic rings. The summed E-state index contributed by atoms with van der Waals surface area (Å²) in [4.78, 5) is 31.6. The van der Waals surface area contributed by atoms with Gasteiger partial charge in [0, 0.05) is 62.2 Å². The topological polar surface area (TPSA) is 59.1 Å². The van der Waals surface area contributed by atoms with Crippen LogP contribution in [0, 0.1) is 11.8 Å². The quantitative estimate of drug-likeness (QED) is 0.475. The van der Waals surface area contributed by atoms with Gasteiger partial charge in [-0.15, -0.1) is 0 Å². The van der Waals surface area contributed by atoms with E-state index in [9.17, 15) is 9.59 Å². The van der Waals surface area contributed by atoms with Gasteiger partial charge in [0.2, 0.25) is 0 Å². The van der Waals surface area contributed by atoms with Crippen molar-refractivity contribution < 1.29 is 19.1 Å². The van der Waals surface area contributed by atoms with E-state index in [0.717, 1.165) is 37.3 Å². The van der Waals surface area contributed by atoms with Crippen LogP contribution in [0.15, 0.2) is 60.7 Å². The van der Waals surface area contributed by atoms with E-state index < -0.39 is 0 Å². The monoisotopic (exact) mass is 464 g/mol. The second-order valence-electron chi connectivity index (χ2n) is 9.26. The molecule has 6 nitrogen and oxygen atoms in total. The van der Waals surface area contributed by atoms with Crippen molar-refractivity contribution in [2.24, 2.45) is 11.8 Å². The van der Waals surface area contributed by atoms with Gasteiger partial charge in [0.1, 0.15) is 0 Å². The third-order valence-electron chi connectivity index (χ3n) is 6.89. The van der Waals surface area contributed by atoms with Gasteiger partial charge in [0.05, 0.1) is 26.4 Å². The molecule has 0 radical (unpaired) electrons. The van der Waals surface area contributed by atoms with Crippen molar-refractivity contribution in [3.05, 3.63) is 71.8 Å². The summed E-state index contributed by atoms with van der Waals surface area (Å²) in [5.41, 5.74) is 1.50. The molecule has 2 heterocycles. The molecular formula is C28H36N2O4. The van der Waals surface area contributed by atoms with Crippen LogP contribution in [0.1, 0.15) is 33.6 Å². The van der Waals surface area contributed by atoms with Crippen molar-refractivity contribution in [2.45, 2.75) is 12.8 Å². The molecule has 182 valence electrons. The number of carbonyl (C=O) groups is 2. The Kier molecular flexibility index (Phi) is 9.39. The molecule has 2 fully saturated rings. The number of Topliss-reactive ketones (excluding diaryl/α,β-unsaturated/α-hetero) is 2. The van der Waals surface area contributed by atoms with Crippen LogP contribution in [0.25, 0.3) is 0 Å². The van der Waals surface area contributed by atoms with Crippen LogP contribution in [0.4, 0.5) is 0 Å². The molecule has 34 heavy (non-hydrogen) atoms. The molecule has 0 aromatic heterocycles. The van der Waals surface area contributed by atoms with Gasteiger partial charge in [0.15, 0.2) is 11.6 Å². The van der Waals surface area contributed by atoms with Crippen LogP contribution >= 0.6 is 0 Å². The van der Waals surface area contributed by atoms with Gasteiger partial charge < -0.3 is 9.47 Å². The first-order valence-corrected chi connectivity index (χ1v) is 12.5. The Labute approximate surface area is 202 Å². The zero-order chi connectivity index (χ0) is 23.6. The van der Waals surface area contributed by atoms with Crippen LogP contribution < -0.4 is 0 Å². The maximum Gasteiger partial charge on any atom is 0.167 e. The molecule has 0 aliphatic carbocycles. The van der Waals surface area contributed by atoms with Gasteiger partial charge in [-0.3, -0.25) is 19.4 Å². The largest absolute Gasteiger partial charge is 0.379 e. The summed E-state index contributed by atoms with van der Waals surface area (Å²) in [6.07, 6.45) is 1.39. The molecule has 2 aromatic rings. The number of morpholine rings is 2. The molecule has 0 saturated carbocycles. The van der Waals surface area contributed by atoms with E-state index >= 15 is 0 Å². The molecule has 2 aliphatic heterocycles. The number of rotatable bonds is 11. The van der Waals surface area contributed by atoms with Crippen molar-refractivity contribution in [1.82, 2.24) is 9.80 Å². The Morgan fingerprint density at radius 1 is 0.618 bits per heavy atom.